The number of hydrogen-bond donors (Lipinski definition) is 1. The molecule has 0 atom stereocenters. The largest absolute Gasteiger partial charge is 0.353 e. The van der Waals surface area contributed by atoms with E-state index in [1.165, 1.54) is 11.9 Å². The Balaban J connectivity index is 1.51. The Morgan fingerprint density at radius 3 is 2.42 bits per heavy atom. The van der Waals surface area contributed by atoms with Crippen LogP contribution in [0.5, 0.6) is 0 Å². The summed E-state index contributed by atoms with van der Waals surface area (Å²) in [6.07, 6.45) is 1.33. The van der Waals surface area contributed by atoms with Crippen LogP contribution in [0.3, 0.4) is 0 Å². The molecule has 1 aliphatic rings. The molecule has 0 saturated carbocycles. The second-order valence-corrected chi connectivity index (χ2v) is 7.97. The minimum Gasteiger partial charge on any atom is -0.348 e. The van der Waals surface area contributed by atoms with Crippen LogP contribution in [-0.2, 0) is 6.54 Å². The third-order valence-electron chi connectivity index (χ3n) is 5.09. The molecule has 31 heavy (non-hydrogen) atoms. The molecule has 1 aromatic heterocycles. The fraction of sp³-hybridized carbons (Fsp3) is 0.238. The maximum Gasteiger partial charge on any atom is 0.353 e. The van der Waals surface area contributed by atoms with Gasteiger partial charge in [-0.05, 0) is 23.8 Å². The SMILES string of the molecule is O=[N+]([O-])c1c(Nc2ccc(Cl)c(Cl)c2)ncnc1N1CCN(Cc2ccccc2)CC1. The van der Waals surface area contributed by atoms with E-state index in [-0.39, 0.29) is 11.5 Å². The van der Waals surface area contributed by atoms with Gasteiger partial charge in [0.2, 0.25) is 11.6 Å². The maximum atomic E-state index is 11.9. The maximum absolute atomic E-state index is 11.9. The van der Waals surface area contributed by atoms with Gasteiger partial charge in [0.1, 0.15) is 6.33 Å². The van der Waals surface area contributed by atoms with Gasteiger partial charge in [-0.25, -0.2) is 9.97 Å². The van der Waals surface area contributed by atoms with Crippen molar-refractivity contribution in [3.8, 4) is 0 Å². The van der Waals surface area contributed by atoms with Crippen molar-refractivity contribution in [2.24, 2.45) is 0 Å². The van der Waals surface area contributed by atoms with Gasteiger partial charge in [0.05, 0.1) is 15.0 Å². The number of nitrogens with zero attached hydrogens (tertiary/aromatic N) is 5. The third kappa shape index (κ3) is 5.04. The van der Waals surface area contributed by atoms with Gasteiger partial charge in [-0.15, -0.1) is 0 Å². The highest BCUT2D eigenvalue weighted by Crippen LogP contribution is 2.35. The second-order valence-electron chi connectivity index (χ2n) is 7.15. The van der Waals surface area contributed by atoms with Crippen molar-refractivity contribution in [1.82, 2.24) is 14.9 Å². The molecule has 0 bridgehead atoms. The molecule has 0 unspecified atom stereocenters. The van der Waals surface area contributed by atoms with Crippen LogP contribution in [0, 0.1) is 10.1 Å². The van der Waals surface area contributed by atoms with Gasteiger partial charge in [-0.2, -0.15) is 0 Å². The summed E-state index contributed by atoms with van der Waals surface area (Å²) >= 11 is 12.0. The van der Waals surface area contributed by atoms with E-state index < -0.39 is 4.92 Å². The molecule has 0 amide bonds. The van der Waals surface area contributed by atoms with Crippen LogP contribution in [0.4, 0.5) is 23.0 Å². The number of rotatable bonds is 6. The predicted octanol–water partition coefficient (Wildman–Crippen LogP) is 4.76. The normalized spacial score (nSPS) is 14.5. The summed E-state index contributed by atoms with van der Waals surface area (Å²) in [7, 11) is 0. The molecular weight excluding hydrogens is 439 g/mol. The molecule has 1 N–H and O–H groups in total. The van der Waals surface area contributed by atoms with E-state index in [0.29, 0.717) is 34.6 Å². The van der Waals surface area contributed by atoms with Crippen molar-refractivity contribution in [3.05, 3.63) is 80.6 Å². The Labute approximate surface area is 189 Å². The lowest BCUT2D eigenvalue weighted by molar-refractivity contribution is -0.383. The van der Waals surface area contributed by atoms with Crippen molar-refractivity contribution in [1.29, 1.82) is 0 Å². The van der Waals surface area contributed by atoms with Crippen molar-refractivity contribution >= 4 is 46.2 Å². The zero-order valence-electron chi connectivity index (χ0n) is 16.5. The predicted molar refractivity (Wildman–Crippen MR) is 122 cm³/mol. The van der Waals surface area contributed by atoms with Crippen molar-refractivity contribution in [3.63, 3.8) is 0 Å². The lowest BCUT2D eigenvalue weighted by Gasteiger charge is -2.35. The van der Waals surface area contributed by atoms with E-state index in [4.69, 9.17) is 23.2 Å². The molecule has 8 nitrogen and oxygen atoms in total. The lowest BCUT2D eigenvalue weighted by atomic mass is 10.2. The van der Waals surface area contributed by atoms with Gasteiger partial charge in [-0.3, -0.25) is 15.0 Å². The summed E-state index contributed by atoms with van der Waals surface area (Å²) in [4.78, 5) is 24.0. The zero-order valence-corrected chi connectivity index (χ0v) is 18.1. The van der Waals surface area contributed by atoms with Crippen LogP contribution in [0.2, 0.25) is 10.0 Å². The third-order valence-corrected chi connectivity index (χ3v) is 5.83. The van der Waals surface area contributed by atoms with E-state index in [0.717, 1.165) is 19.6 Å². The Hall–Kier alpha value is -2.94. The number of halogens is 2. The number of aromatic nitrogens is 2. The van der Waals surface area contributed by atoms with Crippen molar-refractivity contribution in [2.75, 3.05) is 36.4 Å². The first-order valence-corrected chi connectivity index (χ1v) is 10.5. The smallest absolute Gasteiger partial charge is 0.348 e. The number of nitrogens with one attached hydrogen (secondary N) is 1. The summed E-state index contributed by atoms with van der Waals surface area (Å²) < 4.78 is 0. The summed E-state index contributed by atoms with van der Waals surface area (Å²) in [6.45, 7) is 3.69. The van der Waals surface area contributed by atoms with Crippen LogP contribution < -0.4 is 10.2 Å². The molecule has 0 radical (unpaired) electrons. The first-order chi connectivity index (χ1) is 15.0. The first kappa shape index (κ1) is 21.3. The monoisotopic (exact) mass is 458 g/mol. The van der Waals surface area contributed by atoms with E-state index >= 15 is 0 Å². The number of nitro groups is 1. The van der Waals surface area contributed by atoms with E-state index in [1.807, 2.05) is 23.1 Å². The first-order valence-electron chi connectivity index (χ1n) is 9.74. The topological polar surface area (TPSA) is 87.4 Å². The Morgan fingerprint density at radius 1 is 1.00 bits per heavy atom. The fourth-order valence-electron chi connectivity index (χ4n) is 3.53. The molecule has 10 heteroatoms. The highest BCUT2D eigenvalue weighted by atomic mass is 35.5. The Morgan fingerprint density at radius 2 is 1.74 bits per heavy atom. The quantitative estimate of drug-likeness (QED) is 0.420. The summed E-state index contributed by atoms with van der Waals surface area (Å²) in [5, 5.41) is 15.6. The van der Waals surface area contributed by atoms with Gasteiger partial charge < -0.3 is 10.2 Å². The van der Waals surface area contributed by atoms with Crippen LogP contribution in [0.1, 0.15) is 5.56 Å². The van der Waals surface area contributed by atoms with Gasteiger partial charge in [0.15, 0.2) is 0 Å². The number of piperazine rings is 1. The number of anilines is 3. The minimum absolute atomic E-state index is 0.111. The van der Waals surface area contributed by atoms with Crippen LogP contribution in [-0.4, -0.2) is 46.0 Å². The van der Waals surface area contributed by atoms with Crippen molar-refractivity contribution in [2.45, 2.75) is 6.54 Å². The van der Waals surface area contributed by atoms with Gasteiger partial charge in [0.25, 0.3) is 0 Å². The molecule has 4 rings (SSSR count). The van der Waals surface area contributed by atoms with Gasteiger partial charge in [-0.1, -0.05) is 53.5 Å². The van der Waals surface area contributed by atoms with Crippen LogP contribution in [0.25, 0.3) is 0 Å². The van der Waals surface area contributed by atoms with E-state index in [9.17, 15) is 10.1 Å². The molecule has 2 heterocycles. The highest BCUT2D eigenvalue weighted by molar-refractivity contribution is 6.42. The fourth-order valence-corrected chi connectivity index (χ4v) is 3.83. The Kier molecular flexibility index (Phi) is 6.50. The Bertz CT molecular complexity index is 1070. The molecule has 1 saturated heterocycles. The van der Waals surface area contributed by atoms with Crippen LogP contribution >= 0.6 is 23.2 Å². The molecule has 1 aliphatic heterocycles. The van der Waals surface area contributed by atoms with Crippen molar-refractivity contribution < 1.29 is 4.92 Å². The standard InChI is InChI=1S/C21H20Cl2N6O2/c22-17-7-6-16(12-18(17)23)26-20-19(29(30)31)21(25-14-24-20)28-10-8-27(9-11-28)13-15-4-2-1-3-5-15/h1-7,12,14H,8-11,13H2,(H,24,25,26). The van der Waals surface area contributed by atoms with Crippen LogP contribution in [0.15, 0.2) is 54.9 Å². The lowest BCUT2D eigenvalue weighted by Crippen LogP contribution is -2.46. The van der Waals surface area contributed by atoms with E-state index in [1.54, 1.807) is 18.2 Å². The van der Waals surface area contributed by atoms with Gasteiger partial charge in [0, 0.05) is 38.4 Å². The average molecular weight is 459 g/mol. The average Bonchev–Trinajstić information content (AvgIpc) is 2.77. The molecule has 0 aliphatic carbocycles. The number of benzene rings is 2. The molecule has 2 aromatic carbocycles. The number of hydrogen-bond acceptors (Lipinski definition) is 7. The molecule has 1 fully saturated rings. The summed E-state index contributed by atoms with van der Waals surface area (Å²) in [5.74, 6) is 0.419. The summed E-state index contributed by atoms with van der Waals surface area (Å²) in [5.41, 5.74) is 1.64. The van der Waals surface area contributed by atoms with Gasteiger partial charge >= 0.3 is 5.69 Å². The summed E-state index contributed by atoms with van der Waals surface area (Å²) in [6, 6.07) is 15.1. The molecule has 160 valence electrons. The highest BCUT2D eigenvalue weighted by Gasteiger charge is 2.29. The van der Waals surface area contributed by atoms with E-state index in [2.05, 4.69) is 32.3 Å². The second kappa shape index (κ2) is 9.47. The zero-order chi connectivity index (χ0) is 21.8. The molecule has 0 spiro atoms. The molecular formula is C21H20Cl2N6O2. The minimum atomic E-state index is -0.453. The molecule has 3 aromatic rings.